The SMILES string of the molecule is COCCn1c(C2CCCN2c2nccc(N(C)C)n2)nc2ccccc2c1=O. The van der Waals surface area contributed by atoms with Crippen LogP contribution in [0.4, 0.5) is 11.8 Å². The molecular formula is C21H26N6O2. The summed E-state index contributed by atoms with van der Waals surface area (Å²) in [6.45, 7) is 1.74. The Morgan fingerprint density at radius 2 is 2.03 bits per heavy atom. The molecule has 1 aliphatic heterocycles. The van der Waals surface area contributed by atoms with Gasteiger partial charge in [-0.25, -0.2) is 9.97 Å². The predicted octanol–water partition coefficient (Wildman–Crippen LogP) is 2.24. The van der Waals surface area contributed by atoms with Gasteiger partial charge in [0.2, 0.25) is 5.95 Å². The predicted molar refractivity (Wildman–Crippen MR) is 114 cm³/mol. The fourth-order valence-electron chi connectivity index (χ4n) is 3.84. The van der Waals surface area contributed by atoms with Crippen molar-refractivity contribution in [3.63, 3.8) is 0 Å². The minimum Gasteiger partial charge on any atom is -0.383 e. The highest BCUT2D eigenvalue weighted by atomic mass is 16.5. The lowest BCUT2D eigenvalue weighted by Crippen LogP contribution is -2.34. The lowest BCUT2D eigenvalue weighted by molar-refractivity contribution is 0.184. The zero-order chi connectivity index (χ0) is 20.4. The molecule has 1 aromatic carbocycles. The van der Waals surface area contributed by atoms with E-state index in [4.69, 9.17) is 14.7 Å². The van der Waals surface area contributed by atoms with Gasteiger partial charge in [-0.2, -0.15) is 4.98 Å². The zero-order valence-corrected chi connectivity index (χ0v) is 17.1. The maximum absolute atomic E-state index is 13.2. The van der Waals surface area contributed by atoms with Gasteiger partial charge < -0.3 is 14.5 Å². The van der Waals surface area contributed by atoms with E-state index in [9.17, 15) is 4.79 Å². The van der Waals surface area contributed by atoms with Gasteiger partial charge in [-0.1, -0.05) is 12.1 Å². The molecule has 4 rings (SSSR count). The Morgan fingerprint density at radius 1 is 1.21 bits per heavy atom. The van der Waals surface area contributed by atoms with Crippen LogP contribution in [-0.2, 0) is 11.3 Å². The van der Waals surface area contributed by atoms with Gasteiger partial charge >= 0.3 is 0 Å². The lowest BCUT2D eigenvalue weighted by atomic mass is 10.1. The van der Waals surface area contributed by atoms with Crippen LogP contribution in [0.3, 0.4) is 0 Å². The summed E-state index contributed by atoms with van der Waals surface area (Å²) in [6, 6.07) is 9.33. The summed E-state index contributed by atoms with van der Waals surface area (Å²) in [5.74, 6) is 2.27. The first-order valence-corrected chi connectivity index (χ1v) is 9.85. The second-order valence-corrected chi connectivity index (χ2v) is 7.40. The molecule has 1 saturated heterocycles. The number of benzene rings is 1. The summed E-state index contributed by atoms with van der Waals surface area (Å²) < 4.78 is 7.01. The smallest absolute Gasteiger partial charge is 0.261 e. The van der Waals surface area contributed by atoms with Crippen LogP contribution < -0.4 is 15.4 Å². The number of ether oxygens (including phenoxy) is 1. The number of para-hydroxylation sites is 1. The van der Waals surface area contributed by atoms with Gasteiger partial charge in [-0.05, 0) is 31.0 Å². The third kappa shape index (κ3) is 3.67. The molecule has 0 amide bonds. The molecule has 1 fully saturated rings. The Morgan fingerprint density at radius 3 is 2.83 bits per heavy atom. The molecule has 0 N–H and O–H groups in total. The quantitative estimate of drug-likeness (QED) is 0.635. The van der Waals surface area contributed by atoms with E-state index < -0.39 is 0 Å². The first-order valence-electron chi connectivity index (χ1n) is 9.85. The summed E-state index contributed by atoms with van der Waals surface area (Å²) in [5, 5.41) is 0.628. The first kappa shape index (κ1) is 19.3. The van der Waals surface area contributed by atoms with Crippen molar-refractivity contribution < 1.29 is 4.74 Å². The molecule has 1 aliphatic rings. The van der Waals surface area contributed by atoms with E-state index in [1.54, 1.807) is 17.9 Å². The van der Waals surface area contributed by atoms with E-state index in [2.05, 4.69) is 9.88 Å². The number of nitrogens with zero attached hydrogens (tertiary/aromatic N) is 6. The molecule has 2 aromatic heterocycles. The van der Waals surface area contributed by atoms with Gasteiger partial charge in [0.15, 0.2) is 0 Å². The number of hydrogen-bond acceptors (Lipinski definition) is 7. The first-order chi connectivity index (χ1) is 14.1. The van der Waals surface area contributed by atoms with E-state index >= 15 is 0 Å². The van der Waals surface area contributed by atoms with Crippen molar-refractivity contribution in [1.82, 2.24) is 19.5 Å². The van der Waals surface area contributed by atoms with Crippen molar-refractivity contribution in [3.05, 3.63) is 52.7 Å². The minimum absolute atomic E-state index is 0.0301. The number of anilines is 2. The van der Waals surface area contributed by atoms with Gasteiger partial charge in [0, 0.05) is 33.9 Å². The summed E-state index contributed by atoms with van der Waals surface area (Å²) in [7, 11) is 5.56. The maximum atomic E-state index is 13.2. The van der Waals surface area contributed by atoms with E-state index in [1.165, 1.54) is 0 Å². The van der Waals surface area contributed by atoms with Crippen LogP contribution in [0.1, 0.15) is 24.7 Å². The number of methoxy groups -OCH3 is 1. The molecule has 0 radical (unpaired) electrons. The van der Waals surface area contributed by atoms with Crippen molar-refractivity contribution in [1.29, 1.82) is 0 Å². The minimum atomic E-state index is -0.0541. The monoisotopic (exact) mass is 394 g/mol. The Balaban J connectivity index is 1.82. The molecule has 3 heterocycles. The Kier molecular flexibility index (Phi) is 5.44. The molecule has 0 bridgehead atoms. The van der Waals surface area contributed by atoms with E-state index in [1.807, 2.05) is 49.3 Å². The van der Waals surface area contributed by atoms with Gasteiger partial charge in [0.25, 0.3) is 5.56 Å². The van der Waals surface area contributed by atoms with E-state index in [0.29, 0.717) is 24.5 Å². The topological polar surface area (TPSA) is 76.4 Å². The largest absolute Gasteiger partial charge is 0.383 e. The maximum Gasteiger partial charge on any atom is 0.261 e. The third-order valence-electron chi connectivity index (χ3n) is 5.30. The molecule has 152 valence electrons. The summed E-state index contributed by atoms with van der Waals surface area (Å²) in [6.07, 6.45) is 3.67. The van der Waals surface area contributed by atoms with Crippen molar-refractivity contribution in [2.45, 2.75) is 25.4 Å². The van der Waals surface area contributed by atoms with Crippen LogP contribution in [0.2, 0.25) is 0 Å². The van der Waals surface area contributed by atoms with Gasteiger partial charge in [0.05, 0.1) is 30.1 Å². The van der Waals surface area contributed by atoms with Crippen LogP contribution in [-0.4, -0.2) is 53.9 Å². The molecular weight excluding hydrogens is 368 g/mol. The molecule has 8 nitrogen and oxygen atoms in total. The van der Waals surface area contributed by atoms with Crippen molar-refractivity contribution in [2.24, 2.45) is 0 Å². The van der Waals surface area contributed by atoms with Gasteiger partial charge in [0.1, 0.15) is 11.6 Å². The molecule has 8 heteroatoms. The highest BCUT2D eigenvalue weighted by molar-refractivity contribution is 5.77. The third-order valence-corrected chi connectivity index (χ3v) is 5.30. The zero-order valence-electron chi connectivity index (χ0n) is 17.1. The van der Waals surface area contributed by atoms with Crippen molar-refractivity contribution in [2.75, 3.05) is 44.2 Å². The Bertz CT molecular complexity index is 1060. The second-order valence-electron chi connectivity index (χ2n) is 7.40. The van der Waals surface area contributed by atoms with Gasteiger partial charge in [-0.15, -0.1) is 0 Å². The Labute approximate surface area is 169 Å². The molecule has 3 aromatic rings. The summed E-state index contributed by atoms with van der Waals surface area (Å²) in [5.41, 5.74) is 0.688. The van der Waals surface area contributed by atoms with Crippen LogP contribution in [0.5, 0.6) is 0 Å². The average molecular weight is 394 g/mol. The van der Waals surface area contributed by atoms with Gasteiger partial charge in [-0.3, -0.25) is 9.36 Å². The molecule has 0 saturated carbocycles. The van der Waals surface area contributed by atoms with E-state index in [-0.39, 0.29) is 11.6 Å². The fraction of sp³-hybridized carbons (Fsp3) is 0.429. The normalized spacial score (nSPS) is 16.5. The number of hydrogen-bond donors (Lipinski definition) is 0. The number of aromatic nitrogens is 4. The standard InChI is InChI=1S/C21H26N6O2/c1-25(2)18-10-11-22-21(24-18)26-12-6-9-17(26)19-23-16-8-5-4-7-15(16)20(28)27(19)13-14-29-3/h4-5,7-8,10-11,17H,6,9,12-14H2,1-3H3. The highest BCUT2D eigenvalue weighted by Crippen LogP contribution is 2.34. The summed E-state index contributed by atoms with van der Waals surface area (Å²) >= 11 is 0. The van der Waals surface area contributed by atoms with Crippen LogP contribution in [0, 0.1) is 0 Å². The molecule has 1 atom stereocenters. The Hall–Kier alpha value is -3.00. The number of fused-ring (bicyclic) bond motifs is 1. The molecule has 29 heavy (non-hydrogen) atoms. The molecule has 0 aliphatic carbocycles. The molecule has 1 unspecified atom stereocenters. The second kappa shape index (κ2) is 8.16. The van der Waals surface area contributed by atoms with Crippen LogP contribution in [0.15, 0.2) is 41.3 Å². The fourth-order valence-corrected chi connectivity index (χ4v) is 3.84. The molecule has 0 spiro atoms. The number of rotatable bonds is 6. The average Bonchev–Trinajstić information content (AvgIpc) is 3.23. The van der Waals surface area contributed by atoms with Crippen LogP contribution in [0.25, 0.3) is 10.9 Å². The van der Waals surface area contributed by atoms with Crippen LogP contribution >= 0.6 is 0 Å². The lowest BCUT2D eigenvalue weighted by Gasteiger charge is -2.27. The highest BCUT2D eigenvalue weighted by Gasteiger charge is 2.32. The summed E-state index contributed by atoms with van der Waals surface area (Å²) in [4.78, 5) is 31.4. The van der Waals surface area contributed by atoms with Crippen molar-refractivity contribution in [3.8, 4) is 0 Å². The van der Waals surface area contributed by atoms with Crippen molar-refractivity contribution >= 4 is 22.7 Å². The van der Waals surface area contributed by atoms with E-state index in [0.717, 1.165) is 36.5 Å².